The molecular weight excluding hydrogens is 582 g/mol. The lowest BCUT2D eigenvalue weighted by Crippen LogP contribution is -2.52. The number of nitrogens with one attached hydrogen (secondary N) is 3. The summed E-state index contributed by atoms with van der Waals surface area (Å²) >= 11 is 0. The topological polar surface area (TPSA) is 162 Å². The fourth-order valence-corrected chi connectivity index (χ4v) is 4.72. The number of esters is 3. The van der Waals surface area contributed by atoms with Gasteiger partial charge >= 0.3 is 24.0 Å². The SMILES string of the molecule is COC(=O)CCC(C(=O)OCc1ccccc1)c1[nH]c2ccccc2c1C[C@H](NC(=O)OC(C)(C)C)C(=O)N[C@@H](C)C(=O)OC. The van der Waals surface area contributed by atoms with Gasteiger partial charge in [-0.1, -0.05) is 48.5 Å². The first-order valence-corrected chi connectivity index (χ1v) is 14.6. The molecule has 1 aromatic heterocycles. The number of amides is 2. The Morgan fingerprint density at radius 3 is 2.18 bits per heavy atom. The molecule has 0 aliphatic carbocycles. The third-order valence-electron chi connectivity index (χ3n) is 6.90. The summed E-state index contributed by atoms with van der Waals surface area (Å²) in [5, 5.41) is 5.87. The van der Waals surface area contributed by atoms with E-state index in [4.69, 9.17) is 18.9 Å². The molecule has 0 aliphatic heterocycles. The van der Waals surface area contributed by atoms with Crippen molar-refractivity contribution in [2.24, 2.45) is 0 Å². The summed E-state index contributed by atoms with van der Waals surface area (Å²) in [5.74, 6) is -3.39. The fourth-order valence-electron chi connectivity index (χ4n) is 4.72. The molecule has 2 amide bonds. The summed E-state index contributed by atoms with van der Waals surface area (Å²) in [6.07, 6.45) is -0.971. The van der Waals surface area contributed by atoms with E-state index >= 15 is 0 Å². The molecule has 12 nitrogen and oxygen atoms in total. The quantitative estimate of drug-likeness (QED) is 0.188. The molecule has 45 heavy (non-hydrogen) atoms. The zero-order valence-corrected chi connectivity index (χ0v) is 26.4. The summed E-state index contributed by atoms with van der Waals surface area (Å²) < 4.78 is 20.7. The van der Waals surface area contributed by atoms with E-state index in [1.807, 2.05) is 48.5 Å². The van der Waals surface area contributed by atoms with Gasteiger partial charge in [0.05, 0.1) is 20.1 Å². The molecule has 3 rings (SSSR count). The minimum absolute atomic E-state index is 0.0145. The zero-order chi connectivity index (χ0) is 33.1. The molecule has 1 unspecified atom stereocenters. The van der Waals surface area contributed by atoms with E-state index in [1.54, 1.807) is 26.8 Å². The Kier molecular flexibility index (Phi) is 12.1. The van der Waals surface area contributed by atoms with Crippen LogP contribution in [0, 0.1) is 0 Å². The Labute approximate surface area is 262 Å². The molecular formula is C33H41N3O9. The molecule has 3 atom stereocenters. The number of hydrogen-bond donors (Lipinski definition) is 3. The van der Waals surface area contributed by atoms with Crippen molar-refractivity contribution in [3.63, 3.8) is 0 Å². The van der Waals surface area contributed by atoms with E-state index in [2.05, 4.69) is 15.6 Å². The monoisotopic (exact) mass is 623 g/mol. The van der Waals surface area contributed by atoms with Crippen molar-refractivity contribution in [2.45, 2.75) is 77.2 Å². The largest absolute Gasteiger partial charge is 0.469 e. The molecule has 12 heteroatoms. The first kappa shape index (κ1) is 34.6. The van der Waals surface area contributed by atoms with Gasteiger partial charge in [-0.3, -0.25) is 14.4 Å². The summed E-state index contributed by atoms with van der Waals surface area (Å²) in [4.78, 5) is 67.5. The van der Waals surface area contributed by atoms with Gasteiger partial charge in [-0.05, 0) is 51.3 Å². The van der Waals surface area contributed by atoms with E-state index < -0.39 is 53.5 Å². The number of rotatable bonds is 13. The summed E-state index contributed by atoms with van der Waals surface area (Å²) in [5.41, 5.74) is 1.56. The maximum atomic E-state index is 13.6. The lowest BCUT2D eigenvalue weighted by Gasteiger charge is -2.25. The van der Waals surface area contributed by atoms with Crippen molar-refractivity contribution in [3.05, 3.63) is 71.4 Å². The van der Waals surface area contributed by atoms with E-state index in [0.717, 1.165) is 5.56 Å². The predicted octanol–water partition coefficient (Wildman–Crippen LogP) is 4.06. The maximum absolute atomic E-state index is 13.6. The number of alkyl carbamates (subject to hydrolysis) is 1. The molecule has 0 fully saturated rings. The normalized spacial score (nSPS) is 13.2. The lowest BCUT2D eigenvalue weighted by atomic mass is 9.92. The fraction of sp³-hybridized carbons (Fsp3) is 0.424. The third kappa shape index (κ3) is 10.1. The second kappa shape index (κ2) is 15.7. The minimum Gasteiger partial charge on any atom is -0.469 e. The average molecular weight is 624 g/mol. The molecule has 0 saturated heterocycles. The first-order valence-electron chi connectivity index (χ1n) is 14.6. The summed E-state index contributed by atoms with van der Waals surface area (Å²) in [6, 6.07) is 14.2. The zero-order valence-electron chi connectivity index (χ0n) is 26.4. The van der Waals surface area contributed by atoms with Crippen molar-refractivity contribution in [2.75, 3.05) is 14.2 Å². The summed E-state index contributed by atoms with van der Waals surface area (Å²) in [6.45, 7) is 6.53. The predicted molar refractivity (Wildman–Crippen MR) is 165 cm³/mol. The van der Waals surface area contributed by atoms with E-state index in [9.17, 15) is 24.0 Å². The molecule has 0 bridgehead atoms. The number of para-hydroxylation sites is 1. The van der Waals surface area contributed by atoms with E-state index in [-0.39, 0.29) is 25.9 Å². The second-order valence-corrected chi connectivity index (χ2v) is 11.5. The Hall–Kier alpha value is -4.87. The van der Waals surface area contributed by atoms with E-state index in [1.165, 1.54) is 21.1 Å². The molecule has 1 heterocycles. The molecule has 0 saturated carbocycles. The van der Waals surface area contributed by atoms with Crippen LogP contribution in [0.3, 0.4) is 0 Å². The van der Waals surface area contributed by atoms with Crippen LogP contribution in [-0.2, 0) is 51.2 Å². The summed E-state index contributed by atoms with van der Waals surface area (Å²) in [7, 11) is 2.46. The Bertz CT molecular complexity index is 1490. The van der Waals surface area contributed by atoms with Crippen molar-refractivity contribution in [1.82, 2.24) is 15.6 Å². The van der Waals surface area contributed by atoms with Crippen molar-refractivity contribution >= 4 is 40.8 Å². The number of fused-ring (bicyclic) bond motifs is 1. The highest BCUT2D eigenvalue weighted by atomic mass is 16.6. The van der Waals surface area contributed by atoms with E-state index in [0.29, 0.717) is 22.2 Å². The van der Waals surface area contributed by atoms with Gasteiger partial charge in [0.25, 0.3) is 0 Å². The van der Waals surface area contributed by atoms with Crippen LogP contribution in [-0.4, -0.2) is 66.8 Å². The van der Waals surface area contributed by atoms with Crippen LogP contribution >= 0.6 is 0 Å². The smallest absolute Gasteiger partial charge is 0.408 e. The van der Waals surface area contributed by atoms with Crippen LogP contribution in [0.4, 0.5) is 4.79 Å². The minimum atomic E-state index is -1.23. The van der Waals surface area contributed by atoms with Crippen LogP contribution in [0.2, 0.25) is 0 Å². The number of aromatic amines is 1. The number of carbonyl (C=O) groups excluding carboxylic acids is 5. The number of benzene rings is 2. The van der Waals surface area contributed by atoms with Crippen LogP contribution in [0.15, 0.2) is 54.6 Å². The van der Waals surface area contributed by atoms with Gasteiger partial charge in [-0.25, -0.2) is 9.59 Å². The highest BCUT2D eigenvalue weighted by molar-refractivity contribution is 5.92. The van der Waals surface area contributed by atoms with Crippen LogP contribution in [0.25, 0.3) is 10.9 Å². The van der Waals surface area contributed by atoms with Crippen LogP contribution < -0.4 is 10.6 Å². The third-order valence-corrected chi connectivity index (χ3v) is 6.90. The molecule has 0 aliphatic rings. The van der Waals surface area contributed by atoms with Crippen LogP contribution in [0.1, 0.15) is 63.3 Å². The molecule has 0 spiro atoms. The second-order valence-electron chi connectivity index (χ2n) is 11.5. The standard InChI is InChI=1S/C33H41N3O9/c1-20(30(39)43-6)34-29(38)26(36-32(41)45-33(2,3)4)18-24-22-14-10-11-15-25(22)35-28(24)23(16-17-27(37)42-5)31(40)44-19-21-12-8-7-9-13-21/h7-15,20,23,26,35H,16-19H2,1-6H3,(H,34,38)(H,36,41)/t20-,23?,26-/m0/s1. The number of methoxy groups -OCH3 is 2. The number of aromatic nitrogens is 1. The molecule has 0 radical (unpaired) electrons. The van der Waals surface area contributed by atoms with Gasteiger partial charge in [-0.15, -0.1) is 0 Å². The molecule has 3 aromatic rings. The number of hydrogen-bond acceptors (Lipinski definition) is 9. The Balaban J connectivity index is 2.04. The number of ether oxygens (including phenoxy) is 4. The van der Waals surface area contributed by atoms with Gasteiger partial charge in [0, 0.05) is 29.4 Å². The van der Waals surface area contributed by atoms with Gasteiger partial charge in [0.1, 0.15) is 24.3 Å². The Morgan fingerprint density at radius 2 is 1.53 bits per heavy atom. The van der Waals surface area contributed by atoms with Gasteiger partial charge in [0.15, 0.2) is 0 Å². The number of H-pyrrole nitrogens is 1. The first-order chi connectivity index (χ1) is 21.3. The van der Waals surface area contributed by atoms with Crippen molar-refractivity contribution < 1.29 is 42.9 Å². The molecule has 3 N–H and O–H groups in total. The van der Waals surface area contributed by atoms with Gasteiger partial charge in [0.2, 0.25) is 5.91 Å². The molecule has 2 aromatic carbocycles. The lowest BCUT2D eigenvalue weighted by molar-refractivity contribution is -0.148. The highest BCUT2D eigenvalue weighted by Gasteiger charge is 2.33. The maximum Gasteiger partial charge on any atom is 0.408 e. The molecule has 242 valence electrons. The average Bonchev–Trinajstić information content (AvgIpc) is 3.36. The Morgan fingerprint density at radius 1 is 0.867 bits per heavy atom. The number of carbonyl (C=O) groups is 5. The van der Waals surface area contributed by atoms with Crippen molar-refractivity contribution in [1.29, 1.82) is 0 Å². The van der Waals surface area contributed by atoms with Gasteiger partial charge in [-0.2, -0.15) is 0 Å². The van der Waals surface area contributed by atoms with Gasteiger partial charge < -0.3 is 34.6 Å². The van der Waals surface area contributed by atoms with Crippen LogP contribution in [0.5, 0.6) is 0 Å². The highest BCUT2D eigenvalue weighted by Crippen LogP contribution is 2.33. The van der Waals surface area contributed by atoms with Crippen molar-refractivity contribution in [3.8, 4) is 0 Å².